The molecule has 208 valence electrons. The van der Waals surface area contributed by atoms with Gasteiger partial charge in [0.15, 0.2) is 6.10 Å². The number of nitrogens with two attached hydrogens (primary N) is 1. The number of ether oxygens (including phenoxy) is 4. The van der Waals surface area contributed by atoms with Gasteiger partial charge >= 0.3 is 5.97 Å². The highest BCUT2D eigenvalue weighted by Gasteiger charge is 2.69. The molecule has 0 spiro atoms. The summed E-state index contributed by atoms with van der Waals surface area (Å²) in [6, 6.07) is 0. The van der Waals surface area contributed by atoms with E-state index >= 15 is 0 Å². The van der Waals surface area contributed by atoms with Crippen molar-refractivity contribution in [2.24, 2.45) is 11.7 Å². The van der Waals surface area contributed by atoms with Gasteiger partial charge in [0.05, 0.1) is 37.4 Å². The quantitative estimate of drug-likeness (QED) is 0.110. The number of hydrogen-bond acceptors (Lipinski definition) is 14. The molecule has 0 aromatic heterocycles. The lowest BCUT2D eigenvalue weighted by atomic mass is 9.91. The van der Waals surface area contributed by atoms with E-state index in [2.05, 4.69) is 0 Å². The maximum atomic E-state index is 12.1. The van der Waals surface area contributed by atoms with Crippen LogP contribution in [0.25, 0.3) is 0 Å². The zero-order chi connectivity index (χ0) is 26.8. The molecule has 3 rings (SSSR count). The van der Waals surface area contributed by atoms with E-state index in [0.29, 0.717) is 19.6 Å². The van der Waals surface area contributed by atoms with Crippen molar-refractivity contribution in [3.63, 3.8) is 0 Å². The third-order valence-corrected chi connectivity index (χ3v) is 6.76. The minimum absolute atomic E-state index is 0.0585. The summed E-state index contributed by atoms with van der Waals surface area (Å²) in [5.41, 5.74) is 5.18. The third-order valence-electron chi connectivity index (χ3n) is 6.76. The molecule has 3 aliphatic rings. The molecule has 1 aliphatic carbocycles. The van der Waals surface area contributed by atoms with Crippen molar-refractivity contribution in [1.82, 2.24) is 4.90 Å². The molecule has 15 nitrogen and oxygen atoms in total. The van der Waals surface area contributed by atoms with E-state index < -0.39 is 85.7 Å². The molecule has 15 heteroatoms. The van der Waals surface area contributed by atoms with Crippen molar-refractivity contribution >= 4 is 5.97 Å². The molecule has 1 saturated heterocycles. The van der Waals surface area contributed by atoms with Crippen LogP contribution in [0.4, 0.5) is 0 Å². The van der Waals surface area contributed by atoms with Crippen LogP contribution in [0.5, 0.6) is 0 Å². The minimum Gasteiger partial charge on any atom is -0.477 e. The number of likely N-dealkylation sites (N-methyl/N-ethyl adjacent to an activating group) is 1. The molecule has 2 heterocycles. The van der Waals surface area contributed by atoms with Gasteiger partial charge in [0, 0.05) is 39.1 Å². The summed E-state index contributed by atoms with van der Waals surface area (Å²) >= 11 is 0. The second kappa shape index (κ2) is 11.4. The van der Waals surface area contributed by atoms with Gasteiger partial charge in [-0.15, -0.1) is 0 Å². The average molecular weight is 525 g/mol. The second-order valence-electron chi connectivity index (χ2n) is 9.23. The Hall–Kier alpha value is -1.63. The number of aliphatic hydroxyl groups is 7. The number of hydrogen-bond donors (Lipinski definition) is 9. The Balaban J connectivity index is 1.78. The summed E-state index contributed by atoms with van der Waals surface area (Å²) in [4.78, 5) is 13.9. The Morgan fingerprint density at radius 1 is 1.28 bits per heavy atom. The summed E-state index contributed by atoms with van der Waals surface area (Å²) in [5, 5.41) is 80.7. The number of aliphatic hydroxyl groups excluding tert-OH is 6. The number of carboxylic acid groups (broad SMARTS) is 1. The molecule has 0 radical (unpaired) electrons. The number of carbonyl (C=O) groups is 1. The lowest BCUT2D eigenvalue weighted by Crippen LogP contribution is -2.61. The van der Waals surface area contributed by atoms with Crippen LogP contribution in [0.3, 0.4) is 0 Å². The largest absolute Gasteiger partial charge is 0.477 e. The molecule has 0 aromatic rings. The number of rotatable bonds is 13. The summed E-state index contributed by atoms with van der Waals surface area (Å²) in [6.45, 7) is -0.0625. The predicted octanol–water partition coefficient (Wildman–Crippen LogP) is -4.77. The smallest absolute Gasteiger partial charge is 0.364 e. The first-order valence-electron chi connectivity index (χ1n) is 11.7. The molecule has 9 atom stereocenters. The maximum Gasteiger partial charge on any atom is 0.364 e. The maximum absolute atomic E-state index is 12.1. The normalized spacial score (nSPS) is 38.9. The molecule has 6 unspecified atom stereocenters. The van der Waals surface area contributed by atoms with Crippen molar-refractivity contribution in [2.45, 2.75) is 61.0 Å². The lowest BCUT2D eigenvalue weighted by Gasteiger charge is -2.47. The highest BCUT2D eigenvalue weighted by atomic mass is 16.8. The van der Waals surface area contributed by atoms with Crippen molar-refractivity contribution in [2.75, 3.05) is 46.5 Å². The molecule has 1 saturated carbocycles. The predicted molar refractivity (Wildman–Crippen MR) is 117 cm³/mol. The number of nitrogens with zero attached hydrogens (tertiary/aromatic N) is 1. The van der Waals surface area contributed by atoms with Crippen LogP contribution in [0.15, 0.2) is 11.5 Å². The van der Waals surface area contributed by atoms with Crippen molar-refractivity contribution in [1.29, 1.82) is 0 Å². The highest BCUT2D eigenvalue weighted by Crippen LogP contribution is 2.53. The van der Waals surface area contributed by atoms with Gasteiger partial charge in [0.25, 0.3) is 17.5 Å². The van der Waals surface area contributed by atoms with E-state index in [4.69, 9.17) is 24.7 Å². The fraction of sp³-hybridized carbons (Fsp3) is 0.857. The highest BCUT2D eigenvalue weighted by molar-refractivity contribution is 5.76. The number of aliphatic carboxylic acids is 1. The lowest BCUT2D eigenvalue weighted by molar-refractivity contribution is -0.329. The van der Waals surface area contributed by atoms with Gasteiger partial charge in [-0.2, -0.15) is 0 Å². The fourth-order valence-corrected chi connectivity index (χ4v) is 4.84. The first-order chi connectivity index (χ1) is 17.0. The molecule has 0 amide bonds. The monoisotopic (exact) mass is 524 g/mol. The molecule has 0 bridgehead atoms. The standard InChI is InChI=1S/C21H36N2O13/c1-23(4-3-22)5-7-33-20(19(30)31)8-10(26)17(12(35-20)2-6-24)34-18-14-16(29)15(28)13(11(27)9-25)21(14,32)36-18/h10-13,15-17,24-29,32H,2-9,22H2,1H3,(H,30,31)/t10?,11-,12?,13?,15+,16?,17+,20?,21?/m0/s1. The van der Waals surface area contributed by atoms with Crippen LogP contribution in [0.1, 0.15) is 12.8 Å². The van der Waals surface area contributed by atoms with Gasteiger partial charge in [0.1, 0.15) is 17.8 Å². The Kier molecular flexibility index (Phi) is 9.17. The SMILES string of the molecule is CN(CCN)CCOC1(C(=O)O)CC(O)[C@@H](OC2=C3C(O)[C@H](O)C([C@@H](O)CO)C3(O)O2)C(CCO)O1. The molecule has 36 heavy (non-hydrogen) atoms. The molecule has 2 aliphatic heterocycles. The van der Waals surface area contributed by atoms with Crippen molar-refractivity contribution in [3.05, 3.63) is 11.5 Å². The number of fused-ring (bicyclic) bond motifs is 1. The Morgan fingerprint density at radius 2 is 1.97 bits per heavy atom. The minimum atomic E-state index is -2.33. The van der Waals surface area contributed by atoms with Crippen LogP contribution >= 0.6 is 0 Å². The molecule has 10 N–H and O–H groups in total. The fourth-order valence-electron chi connectivity index (χ4n) is 4.84. The van der Waals surface area contributed by atoms with E-state index in [1.807, 2.05) is 4.90 Å². The van der Waals surface area contributed by atoms with Crippen molar-refractivity contribution < 1.29 is 64.6 Å². The van der Waals surface area contributed by atoms with Crippen LogP contribution in [0.2, 0.25) is 0 Å². The van der Waals surface area contributed by atoms with Crippen LogP contribution in [-0.2, 0) is 23.7 Å². The molecular formula is C21H36N2O13. The van der Waals surface area contributed by atoms with E-state index in [-0.39, 0.29) is 18.6 Å². The summed E-state index contributed by atoms with van der Waals surface area (Å²) in [7, 11) is 1.77. The van der Waals surface area contributed by atoms with E-state index in [9.17, 15) is 45.6 Å². The molecule has 2 fully saturated rings. The van der Waals surface area contributed by atoms with E-state index in [0.717, 1.165) is 0 Å². The second-order valence-corrected chi connectivity index (χ2v) is 9.23. The Bertz CT molecular complexity index is 815. The average Bonchev–Trinajstić information content (AvgIpc) is 2.94. The van der Waals surface area contributed by atoms with Crippen LogP contribution < -0.4 is 5.73 Å². The Morgan fingerprint density at radius 3 is 2.56 bits per heavy atom. The summed E-state index contributed by atoms with van der Waals surface area (Å²) in [5.74, 6) is -7.99. The van der Waals surface area contributed by atoms with Crippen LogP contribution in [0, 0.1) is 5.92 Å². The first-order valence-corrected chi connectivity index (χ1v) is 11.7. The van der Waals surface area contributed by atoms with Gasteiger partial charge in [-0.25, -0.2) is 4.79 Å². The van der Waals surface area contributed by atoms with Gasteiger partial charge < -0.3 is 70.4 Å². The topological polar surface area (TPSA) is 245 Å². The zero-order valence-corrected chi connectivity index (χ0v) is 19.8. The molecule has 0 aromatic carbocycles. The first kappa shape index (κ1) is 28.9. The van der Waals surface area contributed by atoms with E-state index in [1.165, 1.54) is 0 Å². The zero-order valence-electron chi connectivity index (χ0n) is 19.8. The van der Waals surface area contributed by atoms with Gasteiger partial charge in [0.2, 0.25) is 0 Å². The Labute approximate surface area is 206 Å². The van der Waals surface area contributed by atoms with Gasteiger partial charge in [-0.05, 0) is 7.05 Å². The number of carboxylic acids is 1. The van der Waals surface area contributed by atoms with Crippen LogP contribution in [-0.4, -0.2) is 146 Å². The van der Waals surface area contributed by atoms with Crippen molar-refractivity contribution in [3.8, 4) is 0 Å². The third kappa shape index (κ3) is 5.19. The van der Waals surface area contributed by atoms with E-state index in [1.54, 1.807) is 7.05 Å². The molecular weight excluding hydrogens is 488 g/mol. The summed E-state index contributed by atoms with van der Waals surface area (Å²) in [6.07, 6.45) is -9.80. The van der Waals surface area contributed by atoms with Gasteiger partial charge in [-0.3, -0.25) is 0 Å². The summed E-state index contributed by atoms with van der Waals surface area (Å²) < 4.78 is 22.1. The van der Waals surface area contributed by atoms with Gasteiger partial charge in [-0.1, -0.05) is 0 Å².